The quantitative estimate of drug-likeness (QED) is 0.732. The molecule has 1 N–H and O–H groups in total. The first kappa shape index (κ1) is 14.6. The number of hydrogen-bond donors (Lipinski definition) is 1. The van der Waals surface area contributed by atoms with Gasteiger partial charge in [0, 0.05) is 22.0 Å². The average molecular weight is 324 g/mol. The Balaban J connectivity index is 2.07. The number of benzene rings is 1. The van der Waals surface area contributed by atoms with Gasteiger partial charge in [-0.1, -0.05) is 23.7 Å². The van der Waals surface area contributed by atoms with Gasteiger partial charge in [-0.25, -0.2) is 0 Å². The van der Waals surface area contributed by atoms with Crippen molar-refractivity contribution in [2.45, 2.75) is 16.9 Å². The van der Waals surface area contributed by atoms with E-state index >= 15 is 0 Å². The van der Waals surface area contributed by atoms with Crippen molar-refractivity contribution in [2.24, 2.45) is 0 Å². The monoisotopic (exact) mass is 323 g/mol. The fourth-order valence-electron chi connectivity index (χ4n) is 1.46. The van der Waals surface area contributed by atoms with E-state index in [2.05, 4.69) is 5.32 Å². The Morgan fingerprint density at radius 3 is 2.53 bits per heavy atom. The number of thioether (sulfide) groups is 1. The van der Waals surface area contributed by atoms with Crippen LogP contribution in [0.15, 0.2) is 41.3 Å². The predicted molar refractivity (Wildman–Crippen MR) is 75.0 cm³/mol. The lowest BCUT2D eigenvalue weighted by atomic mass is 10.3. The molecule has 0 aliphatic carbocycles. The summed E-state index contributed by atoms with van der Waals surface area (Å²) in [5, 5.41) is 3.00. The Bertz CT molecular complexity index is 554. The zero-order valence-corrected chi connectivity index (χ0v) is 11.9. The second-order valence-electron chi connectivity index (χ2n) is 3.60. The molecule has 0 atom stereocenters. The van der Waals surface area contributed by atoms with E-state index < -0.39 is 5.51 Å². The van der Waals surface area contributed by atoms with Gasteiger partial charge in [0.1, 0.15) is 0 Å². The van der Waals surface area contributed by atoms with Crippen LogP contribution in [0.4, 0.5) is 18.9 Å². The summed E-state index contributed by atoms with van der Waals surface area (Å²) < 4.78 is 37.9. The average Bonchev–Trinajstić information content (AvgIpc) is 2.72. The topological polar surface area (TPSA) is 12.0 Å². The Morgan fingerprint density at radius 2 is 1.89 bits per heavy atom. The molecule has 0 saturated heterocycles. The van der Waals surface area contributed by atoms with E-state index in [1.807, 2.05) is 6.07 Å². The molecule has 0 aliphatic heterocycles. The zero-order chi connectivity index (χ0) is 13.9. The molecular weight excluding hydrogens is 315 g/mol. The summed E-state index contributed by atoms with van der Waals surface area (Å²) in [4.78, 5) is 1.13. The highest BCUT2D eigenvalue weighted by Crippen LogP contribution is 2.40. The van der Waals surface area contributed by atoms with E-state index in [0.717, 1.165) is 4.88 Å². The number of anilines is 1. The van der Waals surface area contributed by atoms with Crippen LogP contribution in [0.5, 0.6) is 0 Å². The molecule has 2 aromatic rings. The third-order valence-electron chi connectivity index (χ3n) is 2.19. The largest absolute Gasteiger partial charge is 0.446 e. The van der Waals surface area contributed by atoms with Crippen LogP contribution in [-0.4, -0.2) is 5.51 Å². The fourth-order valence-corrected chi connectivity index (χ4v) is 3.13. The van der Waals surface area contributed by atoms with Gasteiger partial charge in [0.2, 0.25) is 0 Å². The lowest BCUT2D eigenvalue weighted by Gasteiger charge is -2.12. The molecule has 19 heavy (non-hydrogen) atoms. The summed E-state index contributed by atoms with van der Waals surface area (Å²) in [5.74, 6) is 0. The third-order valence-corrected chi connectivity index (χ3v) is 4.23. The van der Waals surface area contributed by atoms with Crippen LogP contribution in [0.3, 0.4) is 0 Å². The van der Waals surface area contributed by atoms with Crippen molar-refractivity contribution in [2.75, 3.05) is 5.32 Å². The highest BCUT2D eigenvalue weighted by Gasteiger charge is 2.30. The number of hydrogen-bond acceptors (Lipinski definition) is 3. The molecular formula is C12H9ClF3NS2. The first-order valence-corrected chi connectivity index (χ1v) is 7.28. The standard InChI is InChI=1S/C12H9ClF3NS2/c13-11-6-5-8(18-11)7-17-9-3-1-2-4-10(9)19-12(14,15)16/h1-6,17H,7H2. The maximum Gasteiger partial charge on any atom is 0.446 e. The number of rotatable bonds is 4. The molecule has 0 aliphatic rings. The van der Waals surface area contributed by atoms with Crippen LogP contribution in [0, 0.1) is 0 Å². The van der Waals surface area contributed by atoms with Crippen molar-refractivity contribution in [1.29, 1.82) is 0 Å². The van der Waals surface area contributed by atoms with Gasteiger partial charge in [-0.3, -0.25) is 0 Å². The smallest absolute Gasteiger partial charge is 0.379 e. The van der Waals surface area contributed by atoms with Crippen molar-refractivity contribution >= 4 is 40.4 Å². The van der Waals surface area contributed by atoms with Crippen LogP contribution in [0.1, 0.15) is 4.88 Å². The van der Waals surface area contributed by atoms with E-state index in [0.29, 0.717) is 16.6 Å². The Kier molecular flexibility index (Phi) is 4.65. The van der Waals surface area contributed by atoms with Gasteiger partial charge in [0.05, 0.1) is 4.34 Å². The summed E-state index contributed by atoms with van der Waals surface area (Å²) in [6.45, 7) is 0.451. The molecule has 7 heteroatoms. The van der Waals surface area contributed by atoms with Crippen LogP contribution in [0.2, 0.25) is 4.34 Å². The first-order valence-electron chi connectivity index (χ1n) is 5.27. The second-order valence-corrected chi connectivity index (χ2v) is 6.51. The summed E-state index contributed by atoms with van der Waals surface area (Å²) in [5.41, 5.74) is -3.82. The molecule has 2 rings (SSSR count). The number of nitrogens with one attached hydrogen (secondary N) is 1. The van der Waals surface area contributed by atoms with Crippen molar-refractivity contribution in [3.8, 4) is 0 Å². The minimum Gasteiger partial charge on any atom is -0.379 e. The van der Waals surface area contributed by atoms with Gasteiger partial charge < -0.3 is 5.32 Å². The highest BCUT2D eigenvalue weighted by molar-refractivity contribution is 8.00. The van der Waals surface area contributed by atoms with Gasteiger partial charge in [0.25, 0.3) is 0 Å². The van der Waals surface area contributed by atoms with E-state index in [4.69, 9.17) is 11.6 Å². The van der Waals surface area contributed by atoms with E-state index in [-0.39, 0.29) is 16.7 Å². The molecule has 0 saturated carbocycles. The Morgan fingerprint density at radius 1 is 1.16 bits per heavy atom. The Hall–Kier alpha value is -0.850. The van der Waals surface area contributed by atoms with Crippen molar-refractivity contribution < 1.29 is 13.2 Å². The lowest BCUT2D eigenvalue weighted by Crippen LogP contribution is -2.03. The summed E-state index contributed by atoms with van der Waals surface area (Å²) in [6.07, 6.45) is 0. The van der Waals surface area contributed by atoms with Crippen molar-refractivity contribution in [1.82, 2.24) is 0 Å². The maximum absolute atomic E-state index is 12.4. The zero-order valence-electron chi connectivity index (χ0n) is 9.50. The molecule has 0 spiro atoms. The van der Waals surface area contributed by atoms with Gasteiger partial charge in [-0.15, -0.1) is 11.3 Å². The fraction of sp³-hybridized carbons (Fsp3) is 0.167. The summed E-state index contributed by atoms with van der Waals surface area (Å²) in [7, 11) is 0. The van der Waals surface area contributed by atoms with Gasteiger partial charge in [0.15, 0.2) is 0 Å². The van der Waals surface area contributed by atoms with Crippen LogP contribution in [0.25, 0.3) is 0 Å². The van der Waals surface area contributed by atoms with Crippen LogP contribution in [-0.2, 0) is 6.54 Å². The molecule has 1 nitrogen and oxygen atoms in total. The number of halogens is 4. The van der Waals surface area contributed by atoms with E-state index in [1.165, 1.54) is 17.4 Å². The second kappa shape index (κ2) is 6.07. The number of alkyl halides is 3. The number of thiophene rings is 1. The molecule has 0 bridgehead atoms. The SMILES string of the molecule is FC(F)(F)Sc1ccccc1NCc1ccc(Cl)s1. The Labute approximate surface area is 121 Å². The molecule has 0 radical (unpaired) electrons. The van der Waals surface area contributed by atoms with Gasteiger partial charge in [-0.2, -0.15) is 13.2 Å². The third kappa shape index (κ3) is 4.63. The minimum atomic E-state index is -4.29. The van der Waals surface area contributed by atoms with E-state index in [1.54, 1.807) is 24.3 Å². The van der Waals surface area contributed by atoms with Crippen molar-refractivity contribution in [3.05, 3.63) is 45.6 Å². The van der Waals surface area contributed by atoms with Gasteiger partial charge in [-0.05, 0) is 36.0 Å². The van der Waals surface area contributed by atoms with E-state index in [9.17, 15) is 13.2 Å². The molecule has 102 valence electrons. The molecule has 0 amide bonds. The molecule has 1 aromatic carbocycles. The normalized spacial score (nSPS) is 11.6. The highest BCUT2D eigenvalue weighted by atomic mass is 35.5. The van der Waals surface area contributed by atoms with Crippen LogP contribution >= 0.6 is 34.7 Å². The molecule has 0 unspecified atom stereocenters. The van der Waals surface area contributed by atoms with Crippen LogP contribution < -0.4 is 5.32 Å². The summed E-state index contributed by atoms with van der Waals surface area (Å²) >= 11 is 7.08. The minimum absolute atomic E-state index is 0.117. The number of para-hydroxylation sites is 1. The maximum atomic E-state index is 12.4. The molecule has 0 fully saturated rings. The molecule has 1 aromatic heterocycles. The molecule has 1 heterocycles. The lowest BCUT2D eigenvalue weighted by molar-refractivity contribution is -0.0327. The van der Waals surface area contributed by atoms with Gasteiger partial charge >= 0.3 is 5.51 Å². The summed E-state index contributed by atoms with van der Waals surface area (Å²) in [6, 6.07) is 9.97. The van der Waals surface area contributed by atoms with Crippen molar-refractivity contribution in [3.63, 3.8) is 0 Å². The predicted octanol–water partition coefficient (Wildman–Crippen LogP) is 5.63. The first-order chi connectivity index (χ1) is 8.94.